The maximum absolute atomic E-state index is 12.7. The van der Waals surface area contributed by atoms with Crippen LogP contribution < -0.4 is 0 Å². The Bertz CT molecular complexity index is 287. The highest BCUT2D eigenvalue weighted by Crippen LogP contribution is 2.10. The van der Waals surface area contributed by atoms with E-state index in [-0.39, 0.29) is 5.82 Å². The molecule has 0 aliphatic rings. The Labute approximate surface area is 72.7 Å². The van der Waals surface area contributed by atoms with Gasteiger partial charge in [-0.2, -0.15) is 0 Å². The van der Waals surface area contributed by atoms with Crippen LogP contribution in [0.5, 0.6) is 0 Å². The standard InChI is InChI=1S/C11H13F/c1-3-9(2)7-10-5-4-6-11(12)8-10/h4-8H,3H2,1-2H3/b9-7+. The molecule has 0 aliphatic carbocycles. The molecule has 0 spiro atoms. The lowest BCUT2D eigenvalue weighted by molar-refractivity contribution is 0.627. The summed E-state index contributed by atoms with van der Waals surface area (Å²) in [4.78, 5) is 0. The van der Waals surface area contributed by atoms with Gasteiger partial charge in [0, 0.05) is 0 Å². The van der Waals surface area contributed by atoms with Gasteiger partial charge in [0.15, 0.2) is 0 Å². The smallest absolute Gasteiger partial charge is 0.123 e. The first-order valence-corrected chi connectivity index (χ1v) is 4.15. The Morgan fingerprint density at radius 3 is 2.83 bits per heavy atom. The van der Waals surface area contributed by atoms with Crippen molar-refractivity contribution in [2.45, 2.75) is 20.3 Å². The molecular weight excluding hydrogens is 151 g/mol. The predicted octanol–water partition coefficient (Wildman–Crippen LogP) is 3.64. The van der Waals surface area contributed by atoms with Crippen LogP contribution in [0.15, 0.2) is 29.8 Å². The van der Waals surface area contributed by atoms with E-state index >= 15 is 0 Å². The fourth-order valence-corrected chi connectivity index (χ4v) is 0.983. The summed E-state index contributed by atoms with van der Waals surface area (Å²) in [5.41, 5.74) is 2.20. The van der Waals surface area contributed by atoms with E-state index in [2.05, 4.69) is 6.92 Å². The van der Waals surface area contributed by atoms with E-state index in [4.69, 9.17) is 0 Å². The van der Waals surface area contributed by atoms with Crippen LogP contribution in [0.3, 0.4) is 0 Å². The Morgan fingerprint density at radius 2 is 2.25 bits per heavy atom. The molecule has 0 saturated heterocycles. The van der Waals surface area contributed by atoms with Gasteiger partial charge in [-0.1, -0.05) is 30.7 Å². The SMILES string of the molecule is CC/C(C)=C/c1cccc(F)c1. The highest BCUT2D eigenvalue weighted by Gasteiger charge is 1.91. The Morgan fingerprint density at radius 1 is 1.50 bits per heavy atom. The fraction of sp³-hybridized carbons (Fsp3) is 0.273. The Balaban J connectivity index is 2.89. The highest BCUT2D eigenvalue weighted by atomic mass is 19.1. The van der Waals surface area contributed by atoms with Gasteiger partial charge in [-0.15, -0.1) is 0 Å². The summed E-state index contributed by atoms with van der Waals surface area (Å²) in [5, 5.41) is 0. The van der Waals surface area contributed by atoms with Crippen LogP contribution >= 0.6 is 0 Å². The van der Waals surface area contributed by atoms with Gasteiger partial charge in [0.05, 0.1) is 0 Å². The molecule has 12 heavy (non-hydrogen) atoms. The van der Waals surface area contributed by atoms with Crippen LogP contribution in [0.4, 0.5) is 4.39 Å². The molecule has 1 aromatic carbocycles. The van der Waals surface area contributed by atoms with E-state index in [1.807, 2.05) is 19.1 Å². The average molecular weight is 164 g/mol. The van der Waals surface area contributed by atoms with Crippen molar-refractivity contribution in [2.75, 3.05) is 0 Å². The van der Waals surface area contributed by atoms with Crippen molar-refractivity contribution in [1.29, 1.82) is 0 Å². The van der Waals surface area contributed by atoms with Crippen molar-refractivity contribution in [2.24, 2.45) is 0 Å². The zero-order valence-corrected chi connectivity index (χ0v) is 7.47. The molecule has 1 aromatic rings. The number of hydrogen-bond acceptors (Lipinski definition) is 0. The number of halogens is 1. The zero-order chi connectivity index (χ0) is 8.97. The molecule has 0 amide bonds. The van der Waals surface area contributed by atoms with Gasteiger partial charge in [0.25, 0.3) is 0 Å². The second kappa shape index (κ2) is 4.05. The van der Waals surface area contributed by atoms with E-state index in [1.165, 1.54) is 11.6 Å². The topological polar surface area (TPSA) is 0 Å². The summed E-state index contributed by atoms with van der Waals surface area (Å²) in [7, 11) is 0. The van der Waals surface area contributed by atoms with Gasteiger partial charge in [-0.05, 0) is 31.0 Å². The van der Waals surface area contributed by atoms with Crippen LogP contribution in [0.2, 0.25) is 0 Å². The van der Waals surface area contributed by atoms with Gasteiger partial charge in [-0.25, -0.2) is 4.39 Å². The molecule has 0 N–H and O–H groups in total. The van der Waals surface area contributed by atoms with Gasteiger partial charge in [0.1, 0.15) is 5.82 Å². The molecule has 0 aromatic heterocycles. The molecule has 1 heteroatoms. The number of rotatable bonds is 2. The van der Waals surface area contributed by atoms with E-state index < -0.39 is 0 Å². The Hall–Kier alpha value is -1.11. The fourth-order valence-electron chi connectivity index (χ4n) is 0.983. The normalized spacial score (nSPS) is 11.8. The van der Waals surface area contributed by atoms with Crippen LogP contribution in [0.1, 0.15) is 25.8 Å². The molecule has 0 unspecified atom stereocenters. The van der Waals surface area contributed by atoms with Crippen molar-refractivity contribution in [3.05, 3.63) is 41.2 Å². The van der Waals surface area contributed by atoms with Crippen molar-refractivity contribution in [3.63, 3.8) is 0 Å². The molecule has 1 rings (SSSR count). The minimum atomic E-state index is -0.173. The zero-order valence-electron chi connectivity index (χ0n) is 7.47. The molecule has 64 valence electrons. The van der Waals surface area contributed by atoms with Crippen LogP contribution in [0.25, 0.3) is 6.08 Å². The predicted molar refractivity (Wildman–Crippen MR) is 50.3 cm³/mol. The maximum atomic E-state index is 12.7. The summed E-state index contributed by atoms with van der Waals surface area (Å²) in [6, 6.07) is 6.63. The number of allylic oxidation sites excluding steroid dienone is 1. The molecule has 0 radical (unpaired) electrons. The molecular formula is C11H13F. The van der Waals surface area contributed by atoms with Crippen molar-refractivity contribution in [1.82, 2.24) is 0 Å². The van der Waals surface area contributed by atoms with Crippen molar-refractivity contribution in [3.8, 4) is 0 Å². The molecule has 0 nitrogen and oxygen atoms in total. The summed E-state index contributed by atoms with van der Waals surface area (Å²) >= 11 is 0. The average Bonchev–Trinajstić information content (AvgIpc) is 2.04. The van der Waals surface area contributed by atoms with Gasteiger partial charge < -0.3 is 0 Å². The van der Waals surface area contributed by atoms with Crippen molar-refractivity contribution >= 4 is 6.08 Å². The van der Waals surface area contributed by atoms with E-state index in [9.17, 15) is 4.39 Å². The summed E-state index contributed by atoms with van der Waals surface area (Å²) in [5.74, 6) is -0.173. The third kappa shape index (κ3) is 2.50. The quantitative estimate of drug-likeness (QED) is 0.626. The third-order valence-corrected chi connectivity index (χ3v) is 1.82. The summed E-state index contributed by atoms with van der Waals surface area (Å²) < 4.78 is 12.7. The van der Waals surface area contributed by atoms with Crippen molar-refractivity contribution < 1.29 is 4.39 Å². The lowest BCUT2D eigenvalue weighted by Gasteiger charge is -1.96. The minimum Gasteiger partial charge on any atom is -0.207 e. The first-order valence-electron chi connectivity index (χ1n) is 4.15. The van der Waals surface area contributed by atoms with Gasteiger partial charge >= 0.3 is 0 Å². The highest BCUT2D eigenvalue weighted by molar-refractivity contribution is 5.52. The largest absolute Gasteiger partial charge is 0.207 e. The van der Waals surface area contributed by atoms with Crippen LogP contribution in [-0.4, -0.2) is 0 Å². The maximum Gasteiger partial charge on any atom is 0.123 e. The van der Waals surface area contributed by atoms with Gasteiger partial charge in [0.2, 0.25) is 0 Å². The molecule has 0 fully saturated rings. The van der Waals surface area contributed by atoms with Crippen LogP contribution in [0, 0.1) is 5.82 Å². The lowest BCUT2D eigenvalue weighted by atomic mass is 10.1. The van der Waals surface area contributed by atoms with Crippen LogP contribution in [-0.2, 0) is 0 Å². The second-order valence-electron chi connectivity index (χ2n) is 2.90. The van der Waals surface area contributed by atoms with E-state index in [0.717, 1.165) is 12.0 Å². The molecule has 0 saturated carbocycles. The first-order chi connectivity index (χ1) is 5.72. The molecule has 0 atom stereocenters. The molecule has 0 heterocycles. The minimum absolute atomic E-state index is 0.173. The van der Waals surface area contributed by atoms with E-state index in [0.29, 0.717) is 0 Å². The van der Waals surface area contributed by atoms with E-state index in [1.54, 1.807) is 12.1 Å². The lowest BCUT2D eigenvalue weighted by Crippen LogP contribution is -1.77. The molecule has 0 aliphatic heterocycles. The Kier molecular flexibility index (Phi) is 3.03. The second-order valence-corrected chi connectivity index (χ2v) is 2.90. The summed E-state index contributed by atoms with van der Waals surface area (Å²) in [6.45, 7) is 4.13. The van der Waals surface area contributed by atoms with Gasteiger partial charge in [-0.3, -0.25) is 0 Å². The number of hydrogen-bond donors (Lipinski definition) is 0. The monoisotopic (exact) mass is 164 g/mol. The first kappa shape index (κ1) is 8.98. The number of benzene rings is 1. The third-order valence-electron chi connectivity index (χ3n) is 1.82. The molecule has 0 bridgehead atoms. The summed E-state index contributed by atoms with van der Waals surface area (Å²) in [6.07, 6.45) is 3.01.